The number of aromatic nitrogens is 3. The Kier molecular flexibility index (Phi) is 2.77. The number of imidazole rings is 1. The van der Waals surface area contributed by atoms with Gasteiger partial charge in [0.15, 0.2) is 17.3 Å². The number of ether oxygens (including phenoxy) is 1. The zero-order valence-corrected chi connectivity index (χ0v) is 10.2. The molecule has 7 nitrogen and oxygen atoms in total. The highest BCUT2D eigenvalue weighted by Gasteiger charge is 2.21. The highest BCUT2D eigenvalue weighted by atomic mass is 16.5. The maximum atomic E-state index is 5.54. The lowest BCUT2D eigenvalue weighted by molar-refractivity contribution is 0.0530. The first-order valence-corrected chi connectivity index (χ1v) is 5.95. The molecule has 0 saturated carbocycles. The molecule has 3 heterocycles. The zero-order valence-electron chi connectivity index (χ0n) is 10.2. The number of nitrogen functional groups attached to an aromatic ring is 1. The normalized spacial score (nSPS) is 20.3. The number of hydrogen-bond donors (Lipinski definition) is 2. The van der Waals surface area contributed by atoms with Gasteiger partial charge in [0.1, 0.15) is 0 Å². The number of nitrogens with one attached hydrogen (secondary N) is 1. The number of fused-ring (bicyclic) bond motifs is 1. The fourth-order valence-corrected chi connectivity index (χ4v) is 2.21. The third kappa shape index (κ3) is 1.87. The topological polar surface area (TPSA) is 80.7 Å². The molecule has 0 radical (unpaired) electrons. The van der Waals surface area contributed by atoms with Gasteiger partial charge in [0.2, 0.25) is 0 Å². The Morgan fingerprint density at radius 2 is 2.44 bits per heavy atom. The number of nitrogens with zero attached hydrogens (tertiary/aromatic N) is 4. The van der Waals surface area contributed by atoms with Crippen molar-refractivity contribution in [3.63, 3.8) is 0 Å². The minimum Gasteiger partial charge on any atom is -0.375 e. The summed E-state index contributed by atoms with van der Waals surface area (Å²) in [6.45, 7) is 4.38. The number of morpholine rings is 1. The van der Waals surface area contributed by atoms with Crippen LogP contribution in [-0.2, 0) is 4.74 Å². The predicted molar refractivity (Wildman–Crippen MR) is 68.4 cm³/mol. The SMILES string of the molecule is CC1CN(c2nc(NN)cn3ccnc23)CCO1. The van der Waals surface area contributed by atoms with Crippen LogP contribution in [0.2, 0.25) is 0 Å². The fraction of sp³-hybridized carbons (Fsp3) is 0.455. The van der Waals surface area contributed by atoms with Crippen LogP contribution in [-0.4, -0.2) is 40.2 Å². The highest BCUT2D eigenvalue weighted by molar-refractivity contribution is 5.66. The molecule has 18 heavy (non-hydrogen) atoms. The van der Waals surface area contributed by atoms with E-state index in [-0.39, 0.29) is 6.10 Å². The molecule has 2 aromatic rings. The number of anilines is 2. The number of hydrogen-bond acceptors (Lipinski definition) is 6. The lowest BCUT2D eigenvalue weighted by Crippen LogP contribution is -2.41. The van der Waals surface area contributed by atoms with E-state index in [2.05, 4.69) is 27.2 Å². The molecule has 0 aromatic carbocycles. The van der Waals surface area contributed by atoms with Crippen molar-refractivity contribution in [1.82, 2.24) is 14.4 Å². The molecule has 1 fully saturated rings. The maximum absolute atomic E-state index is 5.54. The second-order valence-corrected chi connectivity index (χ2v) is 4.38. The Morgan fingerprint density at radius 1 is 1.56 bits per heavy atom. The van der Waals surface area contributed by atoms with Gasteiger partial charge in [-0.2, -0.15) is 0 Å². The van der Waals surface area contributed by atoms with Crippen molar-refractivity contribution in [2.75, 3.05) is 30.0 Å². The Morgan fingerprint density at radius 3 is 3.22 bits per heavy atom. The average molecular weight is 248 g/mol. The third-order valence-electron chi connectivity index (χ3n) is 3.04. The van der Waals surface area contributed by atoms with Crippen molar-refractivity contribution in [2.45, 2.75) is 13.0 Å². The van der Waals surface area contributed by atoms with Crippen molar-refractivity contribution in [3.8, 4) is 0 Å². The maximum Gasteiger partial charge on any atom is 0.180 e. The van der Waals surface area contributed by atoms with Crippen LogP contribution in [0.4, 0.5) is 11.6 Å². The monoisotopic (exact) mass is 248 g/mol. The molecule has 1 aliphatic heterocycles. The molecule has 1 unspecified atom stereocenters. The molecule has 1 saturated heterocycles. The molecule has 2 aromatic heterocycles. The minimum absolute atomic E-state index is 0.199. The van der Waals surface area contributed by atoms with Crippen LogP contribution < -0.4 is 16.2 Å². The van der Waals surface area contributed by atoms with Crippen molar-refractivity contribution < 1.29 is 4.74 Å². The van der Waals surface area contributed by atoms with Gasteiger partial charge < -0.3 is 19.5 Å². The molecule has 1 aliphatic rings. The van der Waals surface area contributed by atoms with Crippen LogP contribution in [0.15, 0.2) is 18.6 Å². The number of hydrazine groups is 1. The molecule has 0 aliphatic carbocycles. The first-order chi connectivity index (χ1) is 8.78. The average Bonchev–Trinajstić information content (AvgIpc) is 2.85. The molecule has 96 valence electrons. The van der Waals surface area contributed by atoms with E-state index in [1.807, 2.05) is 16.8 Å². The van der Waals surface area contributed by atoms with Crippen LogP contribution in [0.5, 0.6) is 0 Å². The Labute approximate surface area is 105 Å². The summed E-state index contributed by atoms with van der Waals surface area (Å²) in [6.07, 6.45) is 5.65. The molecule has 0 amide bonds. The first-order valence-electron chi connectivity index (χ1n) is 5.95. The van der Waals surface area contributed by atoms with E-state index in [1.54, 1.807) is 6.20 Å². The Balaban J connectivity index is 2.05. The van der Waals surface area contributed by atoms with Crippen molar-refractivity contribution in [3.05, 3.63) is 18.6 Å². The molecule has 7 heteroatoms. The smallest absolute Gasteiger partial charge is 0.180 e. The summed E-state index contributed by atoms with van der Waals surface area (Å²) >= 11 is 0. The van der Waals surface area contributed by atoms with Crippen LogP contribution in [0, 0.1) is 0 Å². The molecule has 0 spiro atoms. The molecule has 3 N–H and O–H groups in total. The Bertz CT molecular complexity index is 553. The van der Waals surface area contributed by atoms with Gasteiger partial charge in [-0.3, -0.25) is 0 Å². The first kappa shape index (κ1) is 11.2. The van der Waals surface area contributed by atoms with E-state index < -0.39 is 0 Å². The van der Waals surface area contributed by atoms with Gasteiger partial charge in [-0.25, -0.2) is 15.8 Å². The molecule has 1 atom stereocenters. The molecular formula is C11H16N6O. The van der Waals surface area contributed by atoms with E-state index in [0.29, 0.717) is 12.4 Å². The number of nitrogens with two attached hydrogens (primary N) is 1. The van der Waals surface area contributed by atoms with Gasteiger partial charge in [-0.05, 0) is 6.92 Å². The molecule has 3 rings (SSSR count). The van der Waals surface area contributed by atoms with Gasteiger partial charge in [-0.15, -0.1) is 0 Å². The van der Waals surface area contributed by atoms with Crippen molar-refractivity contribution in [2.24, 2.45) is 5.84 Å². The summed E-state index contributed by atoms with van der Waals surface area (Å²) in [4.78, 5) is 11.0. The molecular weight excluding hydrogens is 232 g/mol. The quantitative estimate of drug-likeness (QED) is 0.585. The minimum atomic E-state index is 0.199. The van der Waals surface area contributed by atoms with Gasteiger partial charge in [0.25, 0.3) is 0 Å². The summed E-state index contributed by atoms with van der Waals surface area (Å²) in [7, 11) is 0. The molecule has 0 bridgehead atoms. The lowest BCUT2D eigenvalue weighted by Gasteiger charge is -2.32. The van der Waals surface area contributed by atoms with Crippen LogP contribution >= 0.6 is 0 Å². The second-order valence-electron chi connectivity index (χ2n) is 4.38. The highest BCUT2D eigenvalue weighted by Crippen LogP contribution is 2.22. The van der Waals surface area contributed by atoms with Gasteiger partial charge in [-0.1, -0.05) is 0 Å². The third-order valence-corrected chi connectivity index (χ3v) is 3.04. The number of rotatable bonds is 2. The fourth-order valence-electron chi connectivity index (χ4n) is 2.21. The summed E-state index contributed by atoms with van der Waals surface area (Å²) < 4.78 is 7.46. The largest absolute Gasteiger partial charge is 0.375 e. The van der Waals surface area contributed by atoms with Crippen molar-refractivity contribution >= 4 is 17.3 Å². The van der Waals surface area contributed by atoms with Gasteiger partial charge in [0, 0.05) is 25.5 Å². The van der Waals surface area contributed by atoms with Crippen LogP contribution in [0.25, 0.3) is 5.65 Å². The van der Waals surface area contributed by atoms with Gasteiger partial charge in [0.05, 0.1) is 18.9 Å². The Hall–Kier alpha value is -1.86. The lowest BCUT2D eigenvalue weighted by atomic mass is 10.3. The van der Waals surface area contributed by atoms with E-state index in [0.717, 1.165) is 24.6 Å². The van der Waals surface area contributed by atoms with Crippen molar-refractivity contribution in [1.29, 1.82) is 0 Å². The van der Waals surface area contributed by atoms with Crippen LogP contribution in [0.3, 0.4) is 0 Å². The van der Waals surface area contributed by atoms with Crippen LogP contribution in [0.1, 0.15) is 6.92 Å². The van der Waals surface area contributed by atoms with Gasteiger partial charge >= 0.3 is 0 Å². The summed E-state index contributed by atoms with van der Waals surface area (Å²) in [5, 5.41) is 0. The summed E-state index contributed by atoms with van der Waals surface area (Å²) in [6, 6.07) is 0. The van der Waals surface area contributed by atoms with E-state index in [9.17, 15) is 0 Å². The second kappa shape index (κ2) is 4.43. The van der Waals surface area contributed by atoms with E-state index in [1.165, 1.54) is 0 Å². The standard InChI is InChI=1S/C11H16N6O/c1-8-6-17(4-5-18-8)11-10-13-2-3-16(10)7-9(14-11)15-12/h2-3,7-8,15H,4-6,12H2,1H3. The van der Waals surface area contributed by atoms with E-state index in [4.69, 9.17) is 10.6 Å². The zero-order chi connectivity index (χ0) is 12.5. The summed E-state index contributed by atoms with van der Waals surface area (Å²) in [5.74, 6) is 6.90. The van der Waals surface area contributed by atoms with E-state index >= 15 is 0 Å². The summed E-state index contributed by atoms with van der Waals surface area (Å²) in [5.41, 5.74) is 3.42. The predicted octanol–water partition coefficient (Wildman–Crippen LogP) is 0.240.